The van der Waals surface area contributed by atoms with Crippen LogP contribution in [0, 0.1) is 29.6 Å². The molecule has 7 nitrogen and oxygen atoms in total. The number of amides is 2. The van der Waals surface area contributed by atoms with Gasteiger partial charge in [0.2, 0.25) is 11.8 Å². The third kappa shape index (κ3) is 2.96. The Kier molecular flexibility index (Phi) is 4.91. The summed E-state index contributed by atoms with van der Waals surface area (Å²) in [6.07, 6.45) is 0.814. The molecule has 2 aliphatic carbocycles. The molecule has 184 valence electrons. The maximum absolute atomic E-state index is 13.7. The minimum Gasteiger partial charge on any atom is -0.504 e. The number of methoxy groups -OCH3 is 1. The third-order valence-electron chi connectivity index (χ3n) is 8.37. The highest BCUT2D eigenvalue weighted by molar-refractivity contribution is 8.00. The van der Waals surface area contributed by atoms with E-state index in [2.05, 4.69) is 4.98 Å². The number of thiazole rings is 1. The van der Waals surface area contributed by atoms with E-state index >= 15 is 0 Å². The Morgan fingerprint density at radius 2 is 1.78 bits per heavy atom. The van der Waals surface area contributed by atoms with Crippen molar-refractivity contribution in [2.45, 2.75) is 22.6 Å². The van der Waals surface area contributed by atoms with E-state index in [1.54, 1.807) is 42.1 Å². The zero-order valence-corrected chi connectivity index (χ0v) is 21.4. The molecular formula is C26H21ClN2O5S2. The molecule has 1 saturated heterocycles. The van der Waals surface area contributed by atoms with Crippen molar-refractivity contribution in [2.24, 2.45) is 29.6 Å². The number of hydrogen-bond acceptors (Lipinski definition) is 7. The molecule has 2 bridgehead atoms. The van der Waals surface area contributed by atoms with Crippen molar-refractivity contribution in [2.75, 3.05) is 12.0 Å². The molecule has 0 unspecified atom stereocenters. The second-order valence-corrected chi connectivity index (χ2v) is 12.5. The van der Waals surface area contributed by atoms with Crippen molar-refractivity contribution < 1.29 is 19.4 Å². The number of imide groups is 1. The van der Waals surface area contributed by atoms with Crippen LogP contribution in [-0.4, -0.2) is 34.3 Å². The fourth-order valence-corrected chi connectivity index (χ4v) is 10.1. The summed E-state index contributed by atoms with van der Waals surface area (Å²) in [5.74, 6) is -0.576. The number of carbonyl (C=O) groups is 2. The Labute approximate surface area is 219 Å². The Balaban J connectivity index is 1.33. The standard InChI is InChI=1S/C26H21ClN2O5S2/c1-34-16-8-10(2-7-15(16)30)17-18-13-9-14(21(18)35-23-22(17)36-26(33)28-23)20-19(13)24(31)29(25(20)32)12-5-3-11(27)4-6-12/h2-8,13-14,17-21,30H,9H2,1H3,(H,28,33)/t13-,14+,17+,18-,19+,20-,21-/m1/s1. The molecule has 2 aromatic carbocycles. The van der Waals surface area contributed by atoms with Gasteiger partial charge in [0.1, 0.15) is 0 Å². The van der Waals surface area contributed by atoms with Crippen molar-refractivity contribution in [3.8, 4) is 11.5 Å². The first-order valence-electron chi connectivity index (χ1n) is 11.8. The molecule has 3 fully saturated rings. The van der Waals surface area contributed by atoms with E-state index in [9.17, 15) is 19.5 Å². The number of fused-ring (bicyclic) bond motifs is 9. The van der Waals surface area contributed by atoms with E-state index in [0.29, 0.717) is 16.5 Å². The van der Waals surface area contributed by atoms with Crippen LogP contribution in [0.3, 0.4) is 0 Å². The molecule has 1 aromatic heterocycles. The summed E-state index contributed by atoms with van der Waals surface area (Å²) in [5.41, 5.74) is 1.49. The van der Waals surface area contributed by atoms with Gasteiger partial charge in [-0.2, -0.15) is 0 Å². The molecule has 10 heteroatoms. The van der Waals surface area contributed by atoms with Gasteiger partial charge >= 0.3 is 4.87 Å². The molecule has 7 rings (SSSR count). The van der Waals surface area contributed by atoms with Crippen LogP contribution in [-0.2, 0) is 9.59 Å². The number of thioether (sulfide) groups is 1. The average Bonchev–Trinajstić information content (AvgIpc) is 3.59. The molecule has 36 heavy (non-hydrogen) atoms. The van der Waals surface area contributed by atoms with Crippen LogP contribution in [0.2, 0.25) is 5.02 Å². The van der Waals surface area contributed by atoms with Crippen molar-refractivity contribution in [3.63, 3.8) is 0 Å². The lowest BCUT2D eigenvalue weighted by atomic mass is 9.68. The quantitative estimate of drug-likeness (QED) is 0.475. The molecule has 7 atom stereocenters. The number of carbonyl (C=O) groups excluding carboxylic acids is 2. The van der Waals surface area contributed by atoms with Crippen LogP contribution in [0.25, 0.3) is 0 Å². The second kappa shape index (κ2) is 7.87. The zero-order chi connectivity index (χ0) is 24.9. The zero-order valence-electron chi connectivity index (χ0n) is 19.0. The minimum absolute atomic E-state index is 0.0152. The smallest absolute Gasteiger partial charge is 0.305 e. The van der Waals surface area contributed by atoms with E-state index in [-0.39, 0.29) is 63.2 Å². The summed E-state index contributed by atoms with van der Waals surface area (Å²) in [6, 6.07) is 12.1. The molecule has 0 radical (unpaired) electrons. The molecule has 2 amide bonds. The lowest BCUT2D eigenvalue weighted by molar-refractivity contribution is -0.123. The first-order chi connectivity index (χ1) is 17.4. The molecule has 3 aromatic rings. The molecule has 3 heterocycles. The second-order valence-electron chi connectivity index (χ2n) is 9.88. The van der Waals surface area contributed by atoms with Crippen molar-refractivity contribution in [1.29, 1.82) is 0 Å². The number of ether oxygens (including phenoxy) is 1. The van der Waals surface area contributed by atoms with Gasteiger partial charge in [0.25, 0.3) is 0 Å². The predicted molar refractivity (Wildman–Crippen MR) is 137 cm³/mol. The number of phenols is 1. The molecule has 4 aliphatic rings. The maximum Gasteiger partial charge on any atom is 0.305 e. The van der Waals surface area contributed by atoms with Crippen LogP contribution < -0.4 is 14.5 Å². The average molecular weight is 541 g/mol. The Hall–Kier alpha value is -2.75. The van der Waals surface area contributed by atoms with Gasteiger partial charge in [-0.1, -0.05) is 29.0 Å². The number of phenolic OH excluding ortho intramolecular Hbond substituents is 1. The lowest BCUT2D eigenvalue weighted by Crippen LogP contribution is -2.42. The van der Waals surface area contributed by atoms with Crippen molar-refractivity contribution >= 4 is 52.2 Å². The number of halogens is 1. The normalized spacial score (nSPS) is 31.9. The van der Waals surface area contributed by atoms with Gasteiger partial charge in [0.15, 0.2) is 11.5 Å². The van der Waals surface area contributed by atoms with E-state index in [4.69, 9.17) is 16.3 Å². The number of nitrogens with one attached hydrogen (secondary N) is 1. The number of nitrogens with zero attached hydrogens (tertiary/aromatic N) is 1. The van der Waals surface area contributed by atoms with Gasteiger partial charge in [-0.15, -0.1) is 11.8 Å². The minimum atomic E-state index is -0.376. The largest absolute Gasteiger partial charge is 0.504 e. The highest BCUT2D eigenvalue weighted by Crippen LogP contribution is 2.68. The number of benzene rings is 2. The number of hydrogen-bond donors (Lipinski definition) is 2. The first kappa shape index (κ1) is 22.4. The van der Waals surface area contributed by atoms with Gasteiger partial charge in [-0.25, -0.2) is 0 Å². The van der Waals surface area contributed by atoms with Crippen LogP contribution in [0.1, 0.15) is 22.8 Å². The number of anilines is 1. The first-order valence-corrected chi connectivity index (χ1v) is 13.8. The summed E-state index contributed by atoms with van der Waals surface area (Å²) >= 11 is 8.89. The highest BCUT2D eigenvalue weighted by Gasteiger charge is 2.69. The fourth-order valence-electron chi connectivity index (χ4n) is 7.12. The maximum atomic E-state index is 13.7. The molecular weight excluding hydrogens is 520 g/mol. The number of aromatic nitrogens is 1. The predicted octanol–water partition coefficient (Wildman–Crippen LogP) is 4.48. The number of H-pyrrole nitrogens is 1. The summed E-state index contributed by atoms with van der Waals surface area (Å²) in [7, 11) is 1.51. The molecule has 2 N–H and O–H groups in total. The number of aromatic amines is 1. The summed E-state index contributed by atoms with van der Waals surface area (Å²) in [6.45, 7) is 0. The van der Waals surface area contributed by atoms with Crippen LogP contribution in [0.15, 0.2) is 52.3 Å². The molecule has 0 spiro atoms. The van der Waals surface area contributed by atoms with Crippen LogP contribution >= 0.6 is 34.7 Å². The van der Waals surface area contributed by atoms with Crippen LogP contribution in [0.4, 0.5) is 5.69 Å². The van der Waals surface area contributed by atoms with Gasteiger partial charge in [-0.3, -0.25) is 19.3 Å². The summed E-state index contributed by atoms with van der Waals surface area (Å²) in [5, 5.41) is 11.7. The Bertz CT molecular complexity index is 1480. The monoisotopic (exact) mass is 540 g/mol. The van der Waals surface area contributed by atoms with E-state index in [1.807, 2.05) is 12.1 Å². The highest BCUT2D eigenvalue weighted by atomic mass is 35.5. The number of rotatable bonds is 3. The van der Waals surface area contributed by atoms with E-state index < -0.39 is 0 Å². The third-order valence-corrected chi connectivity index (χ3v) is 11.2. The van der Waals surface area contributed by atoms with Crippen LogP contribution in [0.5, 0.6) is 11.5 Å². The Morgan fingerprint density at radius 3 is 2.50 bits per heavy atom. The summed E-state index contributed by atoms with van der Waals surface area (Å²) < 4.78 is 5.38. The summed E-state index contributed by atoms with van der Waals surface area (Å²) in [4.78, 5) is 45.0. The molecule has 2 saturated carbocycles. The SMILES string of the molecule is COc1cc([C@@H]2c3sc(=O)[nH]c3S[C@@H]3[C@H]4C[C@@H]([C@@H]5C(=O)N(c6ccc(Cl)cc6)C(=O)[C@H]45)[C@H]23)ccc1O. The fraction of sp³-hybridized carbons (Fsp3) is 0.346. The van der Waals surface area contributed by atoms with Crippen molar-refractivity contribution in [1.82, 2.24) is 4.98 Å². The number of aromatic hydroxyl groups is 1. The van der Waals surface area contributed by atoms with E-state index in [1.165, 1.54) is 23.3 Å². The topological polar surface area (TPSA) is 99.7 Å². The lowest BCUT2D eigenvalue weighted by Gasteiger charge is -2.43. The van der Waals surface area contributed by atoms with Crippen molar-refractivity contribution in [3.05, 3.63) is 67.6 Å². The van der Waals surface area contributed by atoms with E-state index in [0.717, 1.165) is 21.9 Å². The van der Waals surface area contributed by atoms with Gasteiger partial charge in [0, 0.05) is 21.1 Å². The van der Waals surface area contributed by atoms with Gasteiger partial charge < -0.3 is 14.8 Å². The van der Waals surface area contributed by atoms with Gasteiger partial charge in [0.05, 0.1) is 29.7 Å². The Morgan fingerprint density at radius 1 is 1.06 bits per heavy atom. The van der Waals surface area contributed by atoms with Gasteiger partial charge in [-0.05, 0) is 66.1 Å². The molecule has 2 aliphatic heterocycles.